The summed E-state index contributed by atoms with van der Waals surface area (Å²) in [7, 11) is 6.91. The molecule has 40 nitrogen and oxygen atoms in total. The third-order valence-corrected chi connectivity index (χ3v) is 22.9. The zero-order valence-corrected chi connectivity index (χ0v) is 78.0. The molecule has 13 N–H and O–H groups in total. The Bertz CT molecular complexity index is 3970. The monoisotopic (exact) mass is 1850 g/mol. The van der Waals surface area contributed by atoms with Crippen LogP contribution < -0.4 is 31.3 Å². The number of nitrogens with zero attached hydrogens (tertiary/aromatic N) is 4. The van der Waals surface area contributed by atoms with E-state index in [0.717, 1.165) is 12.8 Å². The maximum absolute atomic E-state index is 14.5. The van der Waals surface area contributed by atoms with E-state index in [0.29, 0.717) is 75.7 Å². The Morgan fingerprint density at radius 2 is 1.15 bits per heavy atom. The maximum atomic E-state index is 14.5. The van der Waals surface area contributed by atoms with Gasteiger partial charge in [-0.25, -0.2) is 10.7 Å². The average Bonchev–Trinajstić information content (AvgIpc) is 0.957. The lowest BCUT2D eigenvalue weighted by atomic mass is 9.83. The van der Waals surface area contributed by atoms with Crippen LogP contribution >= 0.6 is 0 Å². The molecule has 3 aromatic carbocycles. The highest BCUT2D eigenvalue weighted by molar-refractivity contribution is 5.98. The molecular formula is C90H142N8O32. The van der Waals surface area contributed by atoms with Crippen LogP contribution in [-0.4, -0.2) is 351 Å². The first-order chi connectivity index (χ1) is 61.5. The molecule has 3 fully saturated rings. The minimum Gasteiger partial charge on any atom is -0.479 e. The number of hydrogen-bond acceptors (Lipinski definition) is 34. The van der Waals surface area contributed by atoms with E-state index in [1.807, 2.05) is 61.0 Å². The summed E-state index contributed by atoms with van der Waals surface area (Å²) in [5.74, 6) is -0.768. The van der Waals surface area contributed by atoms with E-state index in [-0.39, 0.29) is 166 Å². The second-order valence-corrected chi connectivity index (χ2v) is 33.9. The van der Waals surface area contributed by atoms with Crippen molar-refractivity contribution in [2.75, 3.05) is 134 Å². The molecule has 40 heteroatoms. The minimum absolute atomic E-state index is 0.00180. The summed E-state index contributed by atoms with van der Waals surface area (Å²) in [5, 5.41) is 89.8. The van der Waals surface area contributed by atoms with Crippen LogP contribution in [0.4, 0.5) is 0 Å². The molecule has 130 heavy (non-hydrogen) atoms. The van der Waals surface area contributed by atoms with Gasteiger partial charge in [0.25, 0.3) is 11.8 Å². The summed E-state index contributed by atoms with van der Waals surface area (Å²) in [6, 6.07) is 16.1. The Balaban J connectivity index is 0.000000547. The first kappa shape index (κ1) is 114. The Hall–Kier alpha value is -8.69. The summed E-state index contributed by atoms with van der Waals surface area (Å²) in [4.78, 5) is 146. The molecule has 0 saturated carbocycles. The highest BCUT2D eigenvalue weighted by Crippen LogP contribution is 2.35. The fourth-order valence-corrected chi connectivity index (χ4v) is 15.1. The van der Waals surface area contributed by atoms with Crippen LogP contribution in [0.15, 0.2) is 66.7 Å². The number of carboxylic acids is 1. The van der Waals surface area contributed by atoms with E-state index < -0.39 is 127 Å². The molecule has 0 radical (unpaired) electrons. The summed E-state index contributed by atoms with van der Waals surface area (Å²) < 4.78 is 66.8. The fraction of sp³-hybridized carbons (Fsp3) is 0.689. The summed E-state index contributed by atoms with van der Waals surface area (Å²) in [6.07, 6.45) is -14.9. The summed E-state index contributed by atoms with van der Waals surface area (Å²) in [6.45, 7) is 27.8. The normalized spacial score (nSPS) is 21.3. The highest BCUT2D eigenvalue weighted by Gasteiger charge is 2.50. The van der Waals surface area contributed by atoms with Crippen molar-refractivity contribution in [3.63, 3.8) is 0 Å². The molecule has 0 spiro atoms. The molecular weight excluding hydrogens is 1710 g/mol. The van der Waals surface area contributed by atoms with Crippen molar-refractivity contribution in [1.82, 2.24) is 35.6 Å². The number of nitrogens with one attached hydrogen (secondary N) is 3. The Kier molecular flexibility index (Phi) is 51.0. The van der Waals surface area contributed by atoms with Crippen LogP contribution in [0.2, 0.25) is 0 Å². The quantitative estimate of drug-likeness (QED) is 0.0218. The number of amides is 5. The Morgan fingerprint density at radius 1 is 0.646 bits per heavy atom. The second-order valence-electron chi connectivity index (χ2n) is 33.9. The number of likely N-dealkylation sites (tertiary alicyclic amines) is 1. The van der Waals surface area contributed by atoms with Gasteiger partial charge in [0.2, 0.25) is 30.3 Å². The number of aliphatic hydroxyl groups is 7. The van der Waals surface area contributed by atoms with E-state index in [9.17, 15) is 84.0 Å². The molecule has 3 aliphatic heterocycles. The van der Waals surface area contributed by atoms with Crippen LogP contribution in [0.3, 0.4) is 0 Å². The van der Waals surface area contributed by atoms with Gasteiger partial charge in [-0.1, -0.05) is 97.4 Å². The number of nitrogens with two attached hydrogens (primary N) is 1. The van der Waals surface area contributed by atoms with Gasteiger partial charge in [-0.3, -0.25) is 48.2 Å². The molecule has 19 atom stereocenters. The number of ether oxygens (including phenoxy) is 12. The van der Waals surface area contributed by atoms with Crippen LogP contribution in [-0.2, 0) is 109 Å². The number of esters is 2. The lowest BCUT2D eigenvalue weighted by molar-refractivity contribution is -0.271. The average molecular weight is 1850 g/mol. The van der Waals surface area contributed by atoms with Crippen molar-refractivity contribution in [1.29, 1.82) is 0 Å². The summed E-state index contributed by atoms with van der Waals surface area (Å²) in [5.41, 5.74) is 1.23. The van der Waals surface area contributed by atoms with E-state index in [4.69, 9.17) is 72.3 Å². The van der Waals surface area contributed by atoms with Gasteiger partial charge in [0, 0.05) is 92.3 Å². The number of methoxy groups -OCH3 is 2. The molecule has 0 bridgehead atoms. The zero-order valence-electron chi connectivity index (χ0n) is 78.0. The van der Waals surface area contributed by atoms with Crippen molar-refractivity contribution in [2.24, 2.45) is 35.5 Å². The van der Waals surface area contributed by atoms with Gasteiger partial charge >= 0.3 is 24.1 Å². The molecule has 3 heterocycles. The molecule has 6 rings (SSSR count). The van der Waals surface area contributed by atoms with E-state index in [1.165, 1.54) is 44.2 Å². The topological polar surface area (TPSA) is 545 Å². The number of aliphatic hydroxyl groups excluding tert-OH is 7. The van der Waals surface area contributed by atoms with Crippen LogP contribution in [0.1, 0.15) is 166 Å². The van der Waals surface area contributed by atoms with E-state index >= 15 is 0 Å². The number of hydrogen-bond donors (Lipinski definition) is 12. The molecule has 3 aromatic rings. The number of Topliss-reactive ketones (excluding diaryl/α,β-unsaturated/α-hetero) is 1. The number of aliphatic carboxylic acids is 1. The predicted molar refractivity (Wildman–Crippen MR) is 466 cm³/mol. The van der Waals surface area contributed by atoms with Gasteiger partial charge in [0.15, 0.2) is 11.9 Å². The molecule has 3 aliphatic rings. The maximum Gasteiger partial charge on any atom is 0.373 e. The van der Waals surface area contributed by atoms with E-state index in [2.05, 4.69) is 74.2 Å². The van der Waals surface area contributed by atoms with Gasteiger partial charge < -0.3 is 128 Å². The number of ketones is 1. The van der Waals surface area contributed by atoms with Crippen molar-refractivity contribution in [3.05, 3.63) is 94.5 Å². The first-order valence-electron chi connectivity index (χ1n) is 43.8. The number of carbonyl (C=O) groups excluding carboxylic acids is 10. The standard InChI is InChI=1S/C45H66N4O23.C44H76N4O7.CO2/c1-26(50)66-23-28-3-5-33(70-44-38(56)35(53)32(52)25-68-44)30(21-28)41(58)47-7-12-62-14-9-49(11-16-64-17-18-65-19-20-69-46)10-15-63-13-8-48-42(59)31-22-29(24-67-27(2)51)4-6-34(31)71-45-39(57)36(54)37(55)40(72-45)43(60)61;1-16-29(6)39(46(12)43(53)33(27(2)3)25-35(49)38(28(4)5)47(13)44(9,10)11)36(54-14)26-37(50)48-24-20-23-34(48)41(55-15)30(7)42(52)45-31(8)40(51)32-21-18-17-19-22-32;2-1-3/h3-6,21-22,32,35-40,44-45,52-57H,7-20,23-25,46H2,1-2H3,(H,47,58)(H,48,59)(H,60,61);17-19,21-22,27-31,33-34,36,38-41,51H,16,20,23-26H2,1-15H3,(H,45,52);/t32-,35+,36+,37+,38-,39-,40+,44+,45-;29?,30-,31-,33+,34+,36-,38+,39+,40-,41-;/m11./s1. The minimum atomic E-state index is -1.96. The van der Waals surface area contributed by atoms with E-state index in [1.54, 1.807) is 46.1 Å². The number of carbonyl (C=O) groups is 9. The number of benzene rings is 3. The second kappa shape index (κ2) is 58.4. The Labute approximate surface area is 760 Å². The SMILES string of the molecule is CC(=O)OCc1ccc(O[C@@H]2O[C@H](C(=O)O)[C@@H](O)[C@H](O)[C@H]2O)c(C(=O)NCCOCCN(CCOCCNC(=O)c2cc(COC(C)=O)ccc2O[C@@H]2OC[C@@H](O)[C@H](O)[C@H]2O)CCOCCOCCON)c1.CCC(C)[C@@H]([C@@H](CC(=O)N1CCC[C@H]1[C@H](OC)[C@@H](C)C(=O)N[C@H](C)[C@@H](O)c1ccccc1)OC)N(C)C(=O)[C@@H](CC(=O)[C@H](C(C)C)N(C)C(C)(C)C)C(C)C.O=C=O. The van der Waals surface area contributed by atoms with Crippen LogP contribution in [0.25, 0.3) is 0 Å². The lowest BCUT2D eigenvalue weighted by Gasteiger charge is -2.42. The molecule has 5 amide bonds. The van der Waals surface area contributed by atoms with Crippen molar-refractivity contribution in [2.45, 2.75) is 239 Å². The predicted octanol–water partition coefficient (Wildman–Crippen LogP) is 1.87. The first-order valence-corrected chi connectivity index (χ1v) is 43.8. The smallest absolute Gasteiger partial charge is 0.373 e. The summed E-state index contributed by atoms with van der Waals surface area (Å²) >= 11 is 0. The lowest BCUT2D eigenvalue weighted by Crippen LogP contribution is -2.61. The van der Waals surface area contributed by atoms with Gasteiger partial charge in [-0.2, -0.15) is 9.59 Å². The van der Waals surface area contributed by atoms with Crippen molar-refractivity contribution in [3.8, 4) is 11.5 Å². The fourth-order valence-electron chi connectivity index (χ4n) is 15.1. The number of likely N-dealkylation sites (N-methyl/N-ethyl adjacent to an activating group) is 2. The van der Waals surface area contributed by atoms with Gasteiger partial charge in [0.1, 0.15) is 61.3 Å². The van der Waals surface area contributed by atoms with Crippen molar-refractivity contribution < 1.29 is 155 Å². The molecule has 0 aromatic heterocycles. The zero-order chi connectivity index (χ0) is 97.2. The highest BCUT2D eigenvalue weighted by atomic mass is 16.7. The van der Waals surface area contributed by atoms with Gasteiger partial charge in [-0.15, -0.1) is 0 Å². The third kappa shape index (κ3) is 36.4. The molecule has 3 saturated heterocycles. The number of carboxylic acid groups (broad SMARTS) is 1. The molecule has 0 aliphatic carbocycles. The van der Waals surface area contributed by atoms with Crippen LogP contribution in [0, 0.1) is 29.6 Å². The molecule has 734 valence electrons. The molecule has 1 unspecified atom stereocenters. The largest absolute Gasteiger partial charge is 0.479 e. The van der Waals surface area contributed by atoms with Crippen molar-refractivity contribution >= 4 is 59.4 Å². The van der Waals surface area contributed by atoms with Gasteiger partial charge in [0.05, 0.1) is 132 Å². The number of rotatable bonds is 53. The Morgan fingerprint density at radius 3 is 1.63 bits per heavy atom. The van der Waals surface area contributed by atoms with Gasteiger partial charge in [-0.05, 0) is 106 Å². The third-order valence-electron chi connectivity index (χ3n) is 22.9. The van der Waals surface area contributed by atoms with Crippen LogP contribution in [0.5, 0.6) is 11.5 Å².